The van der Waals surface area contributed by atoms with Crippen LogP contribution < -0.4 is 0 Å². The van der Waals surface area contributed by atoms with Crippen molar-refractivity contribution in [2.45, 2.75) is 26.3 Å². The zero-order chi connectivity index (χ0) is 8.15. The summed E-state index contributed by atoms with van der Waals surface area (Å²) in [6, 6.07) is 0. The maximum atomic E-state index is 5.00. The van der Waals surface area contributed by atoms with Gasteiger partial charge < -0.3 is 9.47 Å². The first-order chi connectivity index (χ1) is 4.63. The molecule has 13 heavy (non-hydrogen) atoms. The third-order valence-electron chi connectivity index (χ3n) is 1.43. The SMILES string of the molecule is COC(C)N(S)C(C)OC.F.F.F. The summed E-state index contributed by atoms with van der Waals surface area (Å²) in [4.78, 5) is 0. The minimum atomic E-state index is -0.0294. The summed E-state index contributed by atoms with van der Waals surface area (Å²) in [6.07, 6.45) is -0.0587. The molecule has 0 saturated heterocycles. The van der Waals surface area contributed by atoms with Crippen molar-refractivity contribution in [3.05, 3.63) is 0 Å². The highest BCUT2D eigenvalue weighted by Crippen LogP contribution is 2.08. The van der Waals surface area contributed by atoms with Gasteiger partial charge in [-0.05, 0) is 13.8 Å². The fraction of sp³-hybridized carbons (Fsp3) is 1.00. The van der Waals surface area contributed by atoms with Gasteiger partial charge in [-0.1, -0.05) is 12.8 Å². The van der Waals surface area contributed by atoms with Gasteiger partial charge in [0, 0.05) is 14.2 Å². The third-order valence-corrected chi connectivity index (χ3v) is 2.08. The Morgan fingerprint density at radius 2 is 1.15 bits per heavy atom. The lowest BCUT2D eigenvalue weighted by atomic mass is 10.5. The van der Waals surface area contributed by atoms with Crippen molar-refractivity contribution in [1.29, 1.82) is 0 Å². The molecule has 0 aliphatic carbocycles. The molecule has 2 atom stereocenters. The molecule has 0 spiro atoms. The van der Waals surface area contributed by atoms with Crippen LogP contribution in [0.25, 0.3) is 0 Å². The summed E-state index contributed by atoms with van der Waals surface area (Å²) in [7, 11) is 3.27. The fourth-order valence-corrected chi connectivity index (χ4v) is 0.700. The molecule has 0 N–H and O–H groups in total. The highest BCUT2D eigenvalue weighted by molar-refractivity contribution is 7.77. The molecule has 0 bridgehead atoms. The first-order valence-corrected chi connectivity index (χ1v) is 3.56. The van der Waals surface area contributed by atoms with Crippen molar-refractivity contribution in [3.8, 4) is 0 Å². The second-order valence-corrected chi connectivity index (χ2v) is 2.51. The van der Waals surface area contributed by atoms with Gasteiger partial charge in [0.15, 0.2) is 0 Å². The second-order valence-electron chi connectivity index (χ2n) is 2.05. The molecule has 0 fully saturated rings. The van der Waals surface area contributed by atoms with E-state index in [1.54, 1.807) is 18.5 Å². The average molecular weight is 225 g/mol. The van der Waals surface area contributed by atoms with Crippen molar-refractivity contribution in [2.75, 3.05) is 14.2 Å². The number of methoxy groups -OCH3 is 2. The third kappa shape index (κ3) is 8.35. The quantitative estimate of drug-likeness (QED) is 0.580. The normalized spacial score (nSPS) is 13.4. The maximum absolute atomic E-state index is 5.00. The molecular formula is C6H18F3NO2S. The Balaban J connectivity index is -0.000000135. The Kier molecular flexibility index (Phi) is 21.4. The van der Waals surface area contributed by atoms with Crippen LogP contribution >= 0.6 is 12.8 Å². The Labute approximate surface area is 82.0 Å². The van der Waals surface area contributed by atoms with Crippen molar-refractivity contribution >= 4 is 12.8 Å². The van der Waals surface area contributed by atoms with Crippen LogP contribution in [0.1, 0.15) is 13.8 Å². The Morgan fingerprint density at radius 3 is 1.31 bits per heavy atom. The van der Waals surface area contributed by atoms with E-state index in [1.807, 2.05) is 13.8 Å². The lowest BCUT2D eigenvalue weighted by Gasteiger charge is -2.26. The molecule has 7 heteroatoms. The predicted octanol–water partition coefficient (Wildman–Crippen LogP) is 1.58. The van der Waals surface area contributed by atoms with E-state index in [4.69, 9.17) is 9.47 Å². The molecule has 0 amide bonds. The lowest BCUT2D eigenvalue weighted by Crippen LogP contribution is -2.34. The first kappa shape index (κ1) is 23.1. The largest absolute Gasteiger partial charge is 0.366 e. The molecule has 0 aliphatic heterocycles. The van der Waals surface area contributed by atoms with Gasteiger partial charge in [0.05, 0.1) is 0 Å². The van der Waals surface area contributed by atoms with E-state index in [0.717, 1.165) is 0 Å². The first-order valence-electron chi connectivity index (χ1n) is 3.16. The van der Waals surface area contributed by atoms with Crippen LogP contribution in [0.3, 0.4) is 0 Å². The number of halogens is 3. The summed E-state index contributed by atoms with van der Waals surface area (Å²) in [5.41, 5.74) is 0. The molecule has 0 aromatic heterocycles. The minimum Gasteiger partial charge on any atom is -0.366 e. The number of rotatable bonds is 4. The Hall–Kier alpha value is 0.0200. The molecule has 0 heterocycles. The maximum Gasteiger partial charge on any atom is 0.118 e. The van der Waals surface area contributed by atoms with Crippen LogP contribution in [0.15, 0.2) is 0 Å². The van der Waals surface area contributed by atoms with Gasteiger partial charge in [0.1, 0.15) is 12.5 Å². The molecule has 0 radical (unpaired) electrons. The van der Waals surface area contributed by atoms with E-state index in [0.29, 0.717) is 0 Å². The van der Waals surface area contributed by atoms with E-state index in [9.17, 15) is 0 Å². The summed E-state index contributed by atoms with van der Waals surface area (Å²) in [5, 5.41) is 0. The number of ether oxygens (including phenoxy) is 2. The van der Waals surface area contributed by atoms with Gasteiger partial charge in [0.25, 0.3) is 0 Å². The van der Waals surface area contributed by atoms with Crippen LogP contribution in [-0.4, -0.2) is 31.0 Å². The van der Waals surface area contributed by atoms with E-state index in [-0.39, 0.29) is 26.6 Å². The molecule has 0 rings (SSSR count). The van der Waals surface area contributed by atoms with E-state index in [2.05, 4.69) is 12.8 Å². The van der Waals surface area contributed by atoms with Crippen LogP contribution in [0.2, 0.25) is 0 Å². The molecule has 0 aromatic carbocycles. The average Bonchev–Trinajstić information content (AvgIpc) is 2.00. The summed E-state index contributed by atoms with van der Waals surface area (Å²) in [5.74, 6) is 0. The monoisotopic (exact) mass is 225 g/mol. The number of nitrogens with zero attached hydrogens (tertiary/aromatic N) is 1. The molecule has 0 aliphatic rings. The van der Waals surface area contributed by atoms with Gasteiger partial charge in [-0.25, -0.2) is 0 Å². The van der Waals surface area contributed by atoms with Gasteiger partial charge in [0.2, 0.25) is 0 Å². The summed E-state index contributed by atoms with van der Waals surface area (Å²) in [6.45, 7) is 3.81. The number of thiol groups is 1. The molecule has 86 valence electrons. The van der Waals surface area contributed by atoms with E-state index >= 15 is 0 Å². The zero-order valence-electron chi connectivity index (χ0n) is 8.09. The highest BCUT2D eigenvalue weighted by Gasteiger charge is 2.14. The zero-order valence-corrected chi connectivity index (χ0v) is 8.98. The van der Waals surface area contributed by atoms with Crippen molar-refractivity contribution < 1.29 is 23.6 Å². The molecule has 2 unspecified atom stereocenters. The summed E-state index contributed by atoms with van der Waals surface area (Å²) >= 11 is 4.16. The van der Waals surface area contributed by atoms with Gasteiger partial charge in [-0.2, -0.15) is 4.31 Å². The summed E-state index contributed by atoms with van der Waals surface area (Å²) < 4.78 is 11.7. The lowest BCUT2D eigenvalue weighted by molar-refractivity contribution is -0.0579. The molecular weight excluding hydrogens is 207 g/mol. The van der Waals surface area contributed by atoms with Crippen molar-refractivity contribution in [3.63, 3.8) is 0 Å². The smallest absolute Gasteiger partial charge is 0.118 e. The van der Waals surface area contributed by atoms with Gasteiger partial charge in [-0.15, -0.1) is 0 Å². The Bertz CT molecular complexity index is 91.9. The van der Waals surface area contributed by atoms with Crippen LogP contribution in [0.4, 0.5) is 14.1 Å². The highest BCUT2D eigenvalue weighted by atomic mass is 32.1. The predicted molar refractivity (Wildman–Crippen MR) is 51.3 cm³/mol. The Morgan fingerprint density at radius 1 is 0.923 bits per heavy atom. The van der Waals surface area contributed by atoms with E-state index < -0.39 is 0 Å². The minimum absolute atomic E-state index is 0. The van der Waals surface area contributed by atoms with Gasteiger partial charge >= 0.3 is 0 Å². The molecule has 0 aromatic rings. The van der Waals surface area contributed by atoms with Crippen LogP contribution in [-0.2, 0) is 9.47 Å². The van der Waals surface area contributed by atoms with Crippen LogP contribution in [0, 0.1) is 0 Å². The van der Waals surface area contributed by atoms with Gasteiger partial charge in [-0.3, -0.25) is 14.1 Å². The fourth-order valence-electron chi connectivity index (χ4n) is 0.512. The standard InChI is InChI=1S/C6H15NO2S.3FH/c1-5(8-3)7(10)6(2)9-4;;;/h5-6,10H,1-4H3;3*1H. The number of hydrogen-bond donors (Lipinski definition) is 1. The van der Waals surface area contributed by atoms with Crippen molar-refractivity contribution in [2.24, 2.45) is 0 Å². The molecule has 0 saturated carbocycles. The van der Waals surface area contributed by atoms with Crippen LogP contribution in [0.5, 0.6) is 0 Å². The molecule has 3 nitrogen and oxygen atoms in total. The second kappa shape index (κ2) is 12.0. The van der Waals surface area contributed by atoms with E-state index in [1.165, 1.54) is 0 Å². The van der Waals surface area contributed by atoms with Crippen molar-refractivity contribution in [1.82, 2.24) is 4.31 Å². The topological polar surface area (TPSA) is 21.7 Å². The number of hydrogen-bond acceptors (Lipinski definition) is 4.